The number of nitrogens with one attached hydrogen (secondary N) is 1. The number of nitriles is 1. The number of nitrogens with zero attached hydrogens (tertiary/aromatic N) is 1. The van der Waals surface area contributed by atoms with Crippen LogP contribution in [0.1, 0.15) is 12.5 Å². The fourth-order valence-corrected chi connectivity index (χ4v) is 2.21. The minimum absolute atomic E-state index is 0.313. The fraction of sp³-hybridized carbons (Fsp3) is 0.300. The predicted molar refractivity (Wildman–Crippen MR) is 100 cm³/mol. The van der Waals surface area contributed by atoms with Gasteiger partial charge >= 0.3 is 0 Å². The highest BCUT2D eigenvalue weighted by Gasteiger charge is 2.16. The van der Waals surface area contributed by atoms with Crippen molar-refractivity contribution in [1.29, 1.82) is 5.26 Å². The fourth-order valence-electron chi connectivity index (χ4n) is 2.21. The molecule has 7 nitrogen and oxygen atoms in total. The van der Waals surface area contributed by atoms with E-state index in [1.807, 2.05) is 6.07 Å². The van der Waals surface area contributed by atoms with Gasteiger partial charge in [-0.3, -0.25) is 4.79 Å². The summed E-state index contributed by atoms with van der Waals surface area (Å²) in [6.07, 6.45) is -0.724. The first kappa shape index (κ1) is 20.1. The second kappa shape index (κ2) is 10.0. The summed E-state index contributed by atoms with van der Waals surface area (Å²) < 4.78 is 21.4. The van der Waals surface area contributed by atoms with Gasteiger partial charge < -0.3 is 24.3 Å². The Bertz CT molecular complexity index is 799. The quantitative estimate of drug-likeness (QED) is 0.683. The lowest BCUT2D eigenvalue weighted by atomic mass is 10.2. The van der Waals surface area contributed by atoms with Crippen molar-refractivity contribution in [1.82, 2.24) is 0 Å². The Morgan fingerprint density at radius 1 is 1.11 bits per heavy atom. The van der Waals surface area contributed by atoms with Gasteiger partial charge in [0.15, 0.2) is 17.6 Å². The van der Waals surface area contributed by atoms with E-state index in [9.17, 15) is 4.79 Å². The molecule has 2 aromatic carbocycles. The molecular weight excluding hydrogens is 348 g/mol. The lowest BCUT2D eigenvalue weighted by Gasteiger charge is -2.16. The third-order valence-corrected chi connectivity index (χ3v) is 3.64. The molecule has 0 bridgehead atoms. The number of hydrogen-bond acceptors (Lipinski definition) is 6. The van der Waals surface area contributed by atoms with Crippen molar-refractivity contribution >= 4 is 11.6 Å². The molecule has 1 N–H and O–H groups in total. The number of ether oxygens (including phenoxy) is 4. The normalized spacial score (nSPS) is 11.2. The Morgan fingerprint density at radius 2 is 1.85 bits per heavy atom. The van der Waals surface area contributed by atoms with Crippen molar-refractivity contribution in [3.8, 4) is 23.3 Å². The zero-order valence-electron chi connectivity index (χ0n) is 15.5. The smallest absolute Gasteiger partial charge is 0.265 e. The van der Waals surface area contributed by atoms with Gasteiger partial charge in [0.1, 0.15) is 12.4 Å². The van der Waals surface area contributed by atoms with E-state index in [-0.39, 0.29) is 5.91 Å². The molecule has 0 fully saturated rings. The van der Waals surface area contributed by atoms with Gasteiger partial charge in [-0.25, -0.2) is 0 Å². The van der Waals surface area contributed by atoms with Crippen LogP contribution in [-0.4, -0.2) is 39.4 Å². The zero-order valence-corrected chi connectivity index (χ0v) is 15.5. The van der Waals surface area contributed by atoms with Gasteiger partial charge in [0.2, 0.25) is 0 Å². The molecule has 2 rings (SSSR count). The van der Waals surface area contributed by atoms with Crippen LogP contribution in [0.5, 0.6) is 17.2 Å². The second-order valence-corrected chi connectivity index (χ2v) is 5.59. The number of rotatable bonds is 9. The molecule has 1 atom stereocenters. The van der Waals surface area contributed by atoms with Crippen LogP contribution in [0, 0.1) is 11.3 Å². The van der Waals surface area contributed by atoms with Crippen molar-refractivity contribution in [2.45, 2.75) is 13.0 Å². The van der Waals surface area contributed by atoms with E-state index in [4.69, 9.17) is 24.2 Å². The first-order valence-corrected chi connectivity index (χ1v) is 8.35. The standard InChI is InChI=1S/C20H22N2O5/c1-14(27-17-7-4-15(13-21)5-8-17)20(23)22-16-6-9-18(25-3)19(12-16)26-11-10-24-2/h4-9,12,14H,10-11H2,1-3H3,(H,22,23). The second-order valence-electron chi connectivity index (χ2n) is 5.59. The van der Waals surface area contributed by atoms with Crippen molar-refractivity contribution in [2.75, 3.05) is 32.8 Å². The first-order chi connectivity index (χ1) is 13.1. The van der Waals surface area contributed by atoms with Gasteiger partial charge in [0.05, 0.1) is 25.3 Å². The summed E-state index contributed by atoms with van der Waals surface area (Å²) in [5, 5.41) is 11.6. The third-order valence-electron chi connectivity index (χ3n) is 3.64. The van der Waals surface area contributed by atoms with Crippen LogP contribution in [-0.2, 0) is 9.53 Å². The molecule has 0 aliphatic heterocycles. The molecule has 2 aromatic rings. The van der Waals surface area contributed by atoms with Crippen LogP contribution in [0.25, 0.3) is 0 Å². The number of carbonyl (C=O) groups excluding carboxylic acids is 1. The molecule has 0 saturated heterocycles. The highest BCUT2D eigenvalue weighted by atomic mass is 16.5. The van der Waals surface area contributed by atoms with Crippen LogP contribution in [0.2, 0.25) is 0 Å². The third kappa shape index (κ3) is 5.90. The topological polar surface area (TPSA) is 89.8 Å². The molecule has 142 valence electrons. The highest BCUT2D eigenvalue weighted by molar-refractivity contribution is 5.94. The Balaban J connectivity index is 2.00. The van der Waals surface area contributed by atoms with Crippen LogP contribution < -0.4 is 19.5 Å². The lowest BCUT2D eigenvalue weighted by Crippen LogP contribution is -2.30. The molecule has 0 heterocycles. The van der Waals surface area contributed by atoms with Crippen LogP contribution in [0.15, 0.2) is 42.5 Å². The van der Waals surface area contributed by atoms with Crippen molar-refractivity contribution in [3.63, 3.8) is 0 Å². The van der Waals surface area contributed by atoms with Crippen molar-refractivity contribution in [2.24, 2.45) is 0 Å². The maximum atomic E-state index is 12.4. The molecule has 7 heteroatoms. The lowest BCUT2D eigenvalue weighted by molar-refractivity contribution is -0.122. The Morgan fingerprint density at radius 3 is 2.48 bits per heavy atom. The van der Waals surface area contributed by atoms with Gasteiger partial charge in [0.25, 0.3) is 5.91 Å². The summed E-state index contributed by atoms with van der Waals surface area (Å²) in [5.41, 5.74) is 1.09. The molecule has 0 saturated carbocycles. The number of benzene rings is 2. The predicted octanol–water partition coefficient (Wildman–Crippen LogP) is 3.00. The summed E-state index contributed by atoms with van der Waals surface area (Å²) in [5.74, 6) is 1.27. The molecular formula is C20H22N2O5. The zero-order chi connectivity index (χ0) is 19.6. The van der Waals surface area contributed by atoms with Gasteiger partial charge in [-0.2, -0.15) is 5.26 Å². The van der Waals surface area contributed by atoms with E-state index < -0.39 is 6.10 Å². The summed E-state index contributed by atoms with van der Waals surface area (Å²) >= 11 is 0. The van der Waals surface area contributed by atoms with E-state index in [1.54, 1.807) is 63.6 Å². The van der Waals surface area contributed by atoms with Gasteiger partial charge in [-0.15, -0.1) is 0 Å². The summed E-state index contributed by atoms with van der Waals surface area (Å²) in [6, 6.07) is 13.7. The van der Waals surface area contributed by atoms with Crippen molar-refractivity contribution in [3.05, 3.63) is 48.0 Å². The molecule has 0 spiro atoms. The number of amides is 1. The number of anilines is 1. The summed E-state index contributed by atoms with van der Waals surface area (Å²) in [7, 11) is 3.14. The SMILES string of the molecule is COCCOc1cc(NC(=O)C(C)Oc2ccc(C#N)cc2)ccc1OC. The van der Waals surface area contributed by atoms with E-state index >= 15 is 0 Å². The number of hydrogen-bond donors (Lipinski definition) is 1. The molecule has 0 aliphatic rings. The average molecular weight is 370 g/mol. The molecule has 0 aliphatic carbocycles. The van der Waals surface area contributed by atoms with E-state index in [2.05, 4.69) is 5.32 Å². The van der Waals surface area contributed by atoms with Crippen LogP contribution in [0.3, 0.4) is 0 Å². The molecule has 0 aromatic heterocycles. The molecule has 27 heavy (non-hydrogen) atoms. The maximum Gasteiger partial charge on any atom is 0.265 e. The van der Waals surface area contributed by atoms with Crippen LogP contribution in [0.4, 0.5) is 5.69 Å². The number of carbonyl (C=O) groups is 1. The van der Waals surface area contributed by atoms with E-state index in [0.29, 0.717) is 41.7 Å². The Hall–Kier alpha value is -3.24. The van der Waals surface area contributed by atoms with Crippen LogP contribution >= 0.6 is 0 Å². The molecule has 0 radical (unpaired) electrons. The first-order valence-electron chi connectivity index (χ1n) is 8.35. The van der Waals surface area contributed by atoms with E-state index in [0.717, 1.165) is 0 Å². The Labute approximate surface area is 158 Å². The highest BCUT2D eigenvalue weighted by Crippen LogP contribution is 2.30. The maximum absolute atomic E-state index is 12.4. The minimum Gasteiger partial charge on any atom is -0.493 e. The van der Waals surface area contributed by atoms with Gasteiger partial charge in [-0.1, -0.05) is 0 Å². The minimum atomic E-state index is -0.724. The van der Waals surface area contributed by atoms with Gasteiger partial charge in [0, 0.05) is 18.9 Å². The van der Waals surface area contributed by atoms with E-state index in [1.165, 1.54) is 0 Å². The Kier molecular flexibility index (Phi) is 7.47. The largest absolute Gasteiger partial charge is 0.493 e. The van der Waals surface area contributed by atoms with Crippen molar-refractivity contribution < 1.29 is 23.7 Å². The summed E-state index contributed by atoms with van der Waals surface area (Å²) in [4.78, 5) is 12.4. The average Bonchev–Trinajstić information content (AvgIpc) is 2.69. The number of methoxy groups -OCH3 is 2. The van der Waals surface area contributed by atoms with Gasteiger partial charge in [-0.05, 0) is 43.3 Å². The summed E-state index contributed by atoms with van der Waals surface area (Å²) in [6.45, 7) is 2.45. The molecule has 1 unspecified atom stereocenters. The monoisotopic (exact) mass is 370 g/mol. The molecule has 1 amide bonds.